The molecular weight excluding hydrogens is 294 g/mol. The molecule has 1 unspecified atom stereocenters. The van der Waals surface area contributed by atoms with Crippen molar-refractivity contribution in [2.75, 3.05) is 33.8 Å². The van der Waals surface area contributed by atoms with Gasteiger partial charge in [-0.3, -0.25) is 9.69 Å². The molecule has 0 bridgehead atoms. The van der Waals surface area contributed by atoms with Crippen molar-refractivity contribution >= 4 is 5.91 Å². The maximum atomic E-state index is 12.6. The largest absolute Gasteiger partial charge is 0.496 e. The van der Waals surface area contributed by atoms with Gasteiger partial charge in [0.05, 0.1) is 13.2 Å². The highest BCUT2D eigenvalue weighted by Gasteiger charge is 2.31. The van der Waals surface area contributed by atoms with Crippen LogP contribution in [0.25, 0.3) is 0 Å². The Morgan fingerprint density at radius 1 is 1.35 bits per heavy atom. The van der Waals surface area contributed by atoms with Crippen LogP contribution in [-0.4, -0.2) is 54.7 Å². The van der Waals surface area contributed by atoms with Crippen LogP contribution in [-0.2, 0) is 0 Å². The van der Waals surface area contributed by atoms with E-state index in [9.17, 15) is 4.79 Å². The number of likely N-dealkylation sites (N-methyl/N-ethyl adjacent to an activating group) is 1. The molecule has 1 aromatic heterocycles. The highest BCUT2D eigenvalue weighted by atomic mass is 16.5. The Bertz CT molecular complexity index is 698. The summed E-state index contributed by atoms with van der Waals surface area (Å²) in [5.41, 5.74) is 1.46. The summed E-state index contributed by atoms with van der Waals surface area (Å²) < 4.78 is 10.5. The van der Waals surface area contributed by atoms with Gasteiger partial charge in [-0.2, -0.15) is 0 Å². The van der Waals surface area contributed by atoms with Crippen LogP contribution in [0.1, 0.15) is 27.9 Å². The van der Waals surface area contributed by atoms with Gasteiger partial charge in [-0.1, -0.05) is 23.4 Å². The van der Waals surface area contributed by atoms with Crippen molar-refractivity contribution in [1.29, 1.82) is 0 Å². The van der Waals surface area contributed by atoms with Gasteiger partial charge >= 0.3 is 0 Å². The molecule has 0 saturated carbocycles. The minimum absolute atomic E-state index is 0.0881. The van der Waals surface area contributed by atoms with E-state index < -0.39 is 0 Å². The van der Waals surface area contributed by atoms with Gasteiger partial charge in [0.25, 0.3) is 5.91 Å². The molecule has 1 aliphatic heterocycles. The molecule has 3 rings (SSSR count). The first kappa shape index (κ1) is 15.6. The number of hydrogen-bond acceptors (Lipinski definition) is 5. The SMILES string of the molecule is COc1ccccc1C1CN(C(=O)c2cc(C)on2)CCN1C. The molecule has 6 heteroatoms. The minimum Gasteiger partial charge on any atom is -0.496 e. The second kappa shape index (κ2) is 6.42. The Labute approximate surface area is 135 Å². The summed E-state index contributed by atoms with van der Waals surface area (Å²) in [5.74, 6) is 1.40. The van der Waals surface area contributed by atoms with Crippen molar-refractivity contribution in [1.82, 2.24) is 15.0 Å². The van der Waals surface area contributed by atoms with Crippen LogP contribution in [0, 0.1) is 6.92 Å². The molecule has 2 heterocycles. The fraction of sp³-hybridized carbons (Fsp3) is 0.412. The Balaban J connectivity index is 1.83. The zero-order valence-corrected chi connectivity index (χ0v) is 13.7. The number of methoxy groups -OCH3 is 1. The third kappa shape index (κ3) is 3.07. The number of para-hydroxylation sites is 1. The second-order valence-corrected chi connectivity index (χ2v) is 5.81. The number of carbonyl (C=O) groups is 1. The van der Waals surface area contributed by atoms with Crippen molar-refractivity contribution in [2.24, 2.45) is 0 Å². The van der Waals surface area contributed by atoms with Crippen LogP contribution in [0.5, 0.6) is 5.75 Å². The predicted octanol–water partition coefficient (Wildman–Crippen LogP) is 2.12. The van der Waals surface area contributed by atoms with Crippen LogP contribution in [0.2, 0.25) is 0 Å². The number of benzene rings is 1. The van der Waals surface area contributed by atoms with E-state index >= 15 is 0 Å². The molecule has 1 aromatic carbocycles. The number of hydrogen-bond donors (Lipinski definition) is 0. The maximum Gasteiger partial charge on any atom is 0.276 e. The van der Waals surface area contributed by atoms with E-state index in [0.717, 1.165) is 17.9 Å². The lowest BCUT2D eigenvalue weighted by Gasteiger charge is -2.39. The van der Waals surface area contributed by atoms with Crippen LogP contribution in [0.15, 0.2) is 34.9 Å². The van der Waals surface area contributed by atoms with E-state index in [2.05, 4.69) is 17.1 Å². The predicted molar refractivity (Wildman–Crippen MR) is 85.5 cm³/mol. The highest BCUT2D eigenvalue weighted by Crippen LogP contribution is 2.31. The van der Waals surface area contributed by atoms with Crippen LogP contribution >= 0.6 is 0 Å². The van der Waals surface area contributed by atoms with Crippen molar-refractivity contribution < 1.29 is 14.1 Å². The van der Waals surface area contributed by atoms with Crippen LogP contribution in [0.4, 0.5) is 0 Å². The Hall–Kier alpha value is -2.34. The second-order valence-electron chi connectivity index (χ2n) is 5.81. The Kier molecular flexibility index (Phi) is 4.34. The Morgan fingerprint density at radius 3 is 2.83 bits per heavy atom. The summed E-state index contributed by atoms with van der Waals surface area (Å²) in [6, 6.07) is 9.72. The molecule has 1 amide bonds. The number of carbonyl (C=O) groups excluding carboxylic acids is 1. The number of rotatable bonds is 3. The summed E-state index contributed by atoms with van der Waals surface area (Å²) in [6.07, 6.45) is 0. The smallest absolute Gasteiger partial charge is 0.276 e. The molecule has 122 valence electrons. The van der Waals surface area contributed by atoms with E-state index in [-0.39, 0.29) is 11.9 Å². The van der Waals surface area contributed by atoms with Gasteiger partial charge in [0.1, 0.15) is 11.5 Å². The molecule has 6 nitrogen and oxygen atoms in total. The van der Waals surface area contributed by atoms with E-state index in [4.69, 9.17) is 9.26 Å². The van der Waals surface area contributed by atoms with Crippen molar-refractivity contribution in [3.05, 3.63) is 47.3 Å². The third-order valence-corrected chi connectivity index (χ3v) is 4.28. The van der Waals surface area contributed by atoms with E-state index in [1.54, 1.807) is 20.1 Å². The van der Waals surface area contributed by atoms with Crippen molar-refractivity contribution in [3.63, 3.8) is 0 Å². The topological polar surface area (TPSA) is 58.8 Å². The fourth-order valence-corrected chi connectivity index (χ4v) is 2.96. The lowest BCUT2D eigenvalue weighted by atomic mass is 10.0. The average molecular weight is 315 g/mol. The zero-order chi connectivity index (χ0) is 16.4. The molecule has 1 atom stereocenters. The summed E-state index contributed by atoms with van der Waals surface area (Å²) in [4.78, 5) is 16.7. The molecule has 0 N–H and O–H groups in total. The number of amides is 1. The highest BCUT2D eigenvalue weighted by molar-refractivity contribution is 5.92. The molecule has 2 aromatic rings. The van der Waals surface area contributed by atoms with Gasteiger partial charge in [0.2, 0.25) is 0 Å². The Morgan fingerprint density at radius 2 is 2.13 bits per heavy atom. The first-order valence-electron chi connectivity index (χ1n) is 7.66. The summed E-state index contributed by atoms with van der Waals surface area (Å²) in [5, 5.41) is 3.84. The summed E-state index contributed by atoms with van der Waals surface area (Å²) in [6.45, 7) is 3.85. The molecule has 1 saturated heterocycles. The zero-order valence-electron chi connectivity index (χ0n) is 13.7. The van der Waals surface area contributed by atoms with Crippen LogP contribution in [0.3, 0.4) is 0 Å². The lowest BCUT2D eigenvalue weighted by Crippen LogP contribution is -2.49. The van der Waals surface area contributed by atoms with Crippen molar-refractivity contribution in [2.45, 2.75) is 13.0 Å². The van der Waals surface area contributed by atoms with E-state index in [0.29, 0.717) is 24.5 Å². The van der Waals surface area contributed by atoms with Crippen LogP contribution < -0.4 is 4.74 Å². The minimum atomic E-state index is -0.0881. The number of nitrogens with zero attached hydrogens (tertiary/aromatic N) is 3. The number of aryl methyl sites for hydroxylation is 1. The number of ether oxygens (including phenoxy) is 1. The summed E-state index contributed by atoms with van der Waals surface area (Å²) >= 11 is 0. The van der Waals surface area contributed by atoms with Gasteiger partial charge in [0, 0.05) is 31.3 Å². The van der Waals surface area contributed by atoms with Gasteiger partial charge in [0.15, 0.2) is 5.69 Å². The quantitative estimate of drug-likeness (QED) is 0.868. The number of aromatic nitrogens is 1. The average Bonchev–Trinajstić information content (AvgIpc) is 3.01. The van der Waals surface area contributed by atoms with Gasteiger partial charge < -0.3 is 14.2 Å². The first-order valence-corrected chi connectivity index (χ1v) is 7.66. The molecule has 0 radical (unpaired) electrons. The molecule has 1 fully saturated rings. The van der Waals surface area contributed by atoms with E-state index in [1.165, 1.54) is 0 Å². The monoisotopic (exact) mass is 315 g/mol. The fourth-order valence-electron chi connectivity index (χ4n) is 2.96. The normalized spacial score (nSPS) is 18.9. The summed E-state index contributed by atoms with van der Waals surface area (Å²) in [7, 11) is 3.74. The third-order valence-electron chi connectivity index (χ3n) is 4.28. The maximum absolute atomic E-state index is 12.6. The van der Waals surface area contributed by atoms with Crippen molar-refractivity contribution in [3.8, 4) is 5.75 Å². The van der Waals surface area contributed by atoms with Gasteiger partial charge in [-0.25, -0.2) is 0 Å². The molecule has 0 spiro atoms. The van der Waals surface area contributed by atoms with Gasteiger partial charge in [-0.15, -0.1) is 0 Å². The lowest BCUT2D eigenvalue weighted by molar-refractivity contribution is 0.0533. The number of piperazine rings is 1. The molecule has 1 aliphatic rings. The van der Waals surface area contributed by atoms with E-state index in [1.807, 2.05) is 29.2 Å². The molecule has 23 heavy (non-hydrogen) atoms. The van der Waals surface area contributed by atoms with Gasteiger partial charge in [-0.05, 0) is 20.0 Å². The molecular formula is C17H21N3O3. The molecule has 0 aliphatic carbocycles. The standard InChI is InChI=1S/C17H21N3O3/c1-12-10-14(18-23-12)17(21)20-9-8-19(2)15(11-20)13-6-4-5-7-16(13)22-3/h4-7,10,15H,8-9,11H2,1-3H3. The first-order chi connectivity index (χ1) is 11.1.